The number of fused-ring (bicyclic) bond motifs is 1. The van der Waals surface area contributed by atoms with E-state index in [1.54, 1.807) is 24.5 Å². The van der Waals surface area contributed by atoms with Crippen LogP contribution in [0.4, 0.5) is 21.9 Å². The molecular formula is C31H36N4O4S. The molecule has 40 heavy (non-hydrogen) atoms. The third-order valence-electron chi connectivity index (χ3n) is 6.95. The van der Waals surface area contributed by atoms with Crippen molar-refractivity contribution in [3.05, 3.63) is 89.7 Å². The molecule has 8 nitrogen and oxygen atoms in total. The number of hydrogen-bond donors (Lipinski definition) is 3. The quantitative estimate of drug-likeness (QED) is 0.228. The van der Waals surface area contributed by atoms with Gasteiger partial charge in [0.15, 0.2) is 5.75 Å². The summed E-state index contributed by atoms with van der Waals surface area (Å²) in [4.78, 5) is 17.5. The second-order valence-corrected chi connectivity index (χ2v) is 13.1. The summed E-state index contributed by atoms with van der Waals surface area (Å²) < 4.78 is 32.1. The number of benzene rings is 3. The van der Waals surface area contributed by atoms with Crippen molar-refractivity contribution in [3.63, 3.8) is 0 Å². The average Bonchev–Trinajstić information content (AvgIpc) is 2.87. The first-order valence-electron chi connectivity index (χ1n) is 12.9. The number of hydrogen-bond acceptors (Lipinski definition) is 5. The molecule has 0 bridgehead atoms. The van der Waals surface area contributed by atoms with E-state index in [0.717, 1.165) is 33.7 Å². The maximum Gasteiger partial charge on any atom is 0.323 e. The first kappa shape index (κ1) is 28.9. The SMILES string of the molecule is COc1c(NC(=O)Nc2ccc(C(C)(C)c3ccncc3)c3ccccc23)cc(C(C)(C)C)cc1NS(C)(=O)=O. The van der Waals surface area contributed by atoms with Crippen LogP contribution in [-0.4, -0.2) is 32.8 Å². The van der Waals surface area contributed by atoms with Gasteiger partial charge in [-0.3, -0.25) is 9.71 Å². The number of anilines is 3. The van der Waals surface area contributed by atoms with Crippen molar-refractivity contribution >= 4 is 43.9 Å². The lowest BCUT2D eigenvalue weighted by atomic mass is 9.76. The van der Waals surface area contributed by atoms with E-state index in [-0.39, 0.29) is 22.3 Å². The molecule has 3 N–H and O–H groups in total. The number of aromatic nitrogens is 1. The van der Waals surface area contributed by atoms with Gasteiger partial charge < -0.3 is 15.4 Å². The number of nitrogens with zero attached hydrogens (tertiary/aromatic N) is 1. The topological polar surface area (TPSA) is 109 Å². The number of pyridine rings is 1. The van der Waals surface area contributed by atoms with E-state index >= 15 is 0 Å². The highest BCUT2D eigenvalue weighted by molar-refractivity contribution is 7.92. The maximum atomic E-state index is 13.3. The number of ether oxygens (including phenoxy) is 1. The summed E-state index contributed by atoms with van der Waals surface area (Å²) in [6, 6.07) is 18.9. The molecular weight excluding hydrogens is 524 g/mol. The van der Waals surface area contributed by atoms with Crippen LogP contribution in [0, 0.1) is 0 Å². The summed E-state index contributed by atoms with van der Waals surface area (Å²) in [5.74, 6) is 0.216. The molecule has 9 heteroatoms. The average molecular weight is 561 g/mol. The van der Waals surface area contributed by atoms with Crippen LogP contribution in [-0.2, 0) is 20.9 Å². The predicted octanol–water partition coefficient (Wildman–Crippen LogP) is 6.88. The zero-order valence-corrected chi connectivity index (χ0v) is 24.7. The van der Waals surface area contributed by atoms with Gasteiger partial charge in [-0.25, -0.2) is 13.2 Å². The van der Waals surface area contributed by atoms with E-state index in [0.29, 0.717) is 11.4 Å². The van der Waals surface area contributed by atoms with Gasteiger partial charge in [-0.2, -0.15) is 0 Å². The van der Waals surface area contributed by atoms with Crippen LogP contribution in [0.15, 0.2) is 73.1 Å². The van der Waals surface area contributed by atoms with Gasteiger partial charge in [0.25, 0.3) is 0 Å². The number of carbonyl (C=O) groups is 1. The van der Waals surface area contributed by atoms with Gasteiger partial charge in [-0.15, -0.1) is 0 Å². The Morgan fingerprint density at radius 1 is 0.800 bits per heavy atom. The van der Waals surface area contributed by atoms with E-state index in [4.69, 9.17) is 4.74 Å². The van der Waals surface area contributed by atoms with E-state index < -0.39 is 16.1 Å². The Kier molecular flexibility index (Phi) is 7.81. The van der Waals surface area contributed by atoms with Gasteiger partial charge >= 0.3 is 6.03 Å². The summed E-state index contributed by atoms with van der Waals surface area (Å²) in [5, 5.41) is 7.76. The molecule has 1 aromatic heterocycles. The Balaban J connectivity index is 1.71. The third-order valence-corrected chi connectivity index (χ3v) is 7.54. The fourth-order valence-corrected chi connectivity index (χ4v) is 5.35. The van der Waals surface area contributed by atoms with Crippen molar-refractivity contribution in [3.8, 4) is 5.75 Å². The van der Waals surface area contributed by atoms with Gasteiger partial charge in [0.1, 0.15) is 0 Å². The number of rotatable bonds is 7. The summed E-state index contributed by atoms with van der Waals surface area (Å²) >= 11 is 0. The van der Waals surface area contributed by atoms with Crippen LogP contribution in [0.2, 0.25) is 0 Å². The highest BCUT2D eigenvalue weighted by atomic mass is 32.2. The molecule has 0 spiro atoms. The van der Waals surface area contributed by atoms with Crippen molar-refractivity contribution in [2.75, 3.05) is 28.7 Å². The van der Waals surface area contributed by atoms with Gasteiger partial charge in [-0.1, -0.05) is 65.0 Å². The first-order valence-corrected chi connectivity index (χ1v) is 14.8. The molecule has 2 amide bonds. The van der Waals surface area contributed by atoms with Gasteiger partial charge in [0.05, 0.1) is 30.4 Å². The number of amides is 2. The molecule has 0 atom stereocenters. The number of urea groups is 1. The lowest BCUT2D eigenvalue weighted by molar-refractivity contribution is 0.262. The van der Waals surface area contributed by atoms with E-state index in [1.807, 2.05) is 63.2 Å². The summed E-state index contributed by atoms with van der Waals surface area (Å²) in [6.45, 7) is 10.3. The highest BCUT2D eigenvalue weighted by Crippen LogP contribution is 2.40. The second-order valence-electron chi connectivity index (χ2n) is 11.4. The molecule has 0 saturated heterocycles. The van der Waals surface area contributed by atoms with Gasteiger partial charge in [0, 0.05) is 23.2 Å². The fourth-order valence-electron chi connectivity index (χ4n) is 4.80. The number of nitrogens with one attached hydrogen (secondary N) is 3. The molecule has 210 valence electrons. The summed E-state index contributed by atoms with van der Waals surface area (Å²) in [5.41, 5.74) is 3.70. The predicted molar refractivity (Wildman–Crippen MR) is 163 cm³/mol. The van der Waals surface area contributed by atoms with Crippen LogP contribution >= 0.6 is 0 Å². The molecule has 0 radical (unpaired) electrons. The molecule has 3 aromatic carbocycles. The van der Waals surface area contributed by atoms with E-state index in [2.05, 4.69) is 40.3 Å². The Morgan fingerprint density at radius 3 is 2.00 bits per heavy atom. The number of methoxy groups -OCH3 is 1. The third kappa shape index (κ3) is 6.20. The van der Waals surface area contributed by atoms with Crippen molar-refractivity contribution in [2.24, 2.45) is 0 Å². The molecule has 0 aliphatic carbocycles. The van der Waals surface area contributed by atoms with Crippen molar-refractivity contribution < 1.29 is 17.9 Å². The lowest BCUT2D eigenvalue weighted by Crippen LogP contribution is -2.23. The minimum atomic E-state index is -3.59. The number of sulfonamides is 1. The molecule has 4 aromatic rings. The monoisotopic (exact) mass is 560 g/mol. The van der Waals surface area contributed by atoms with Crippen LogP contribution < -0.4 is 20.1 Å². The van der Waals surface area contributed by atoms with Crippen molar-refractivity contribution in [1.29, 1.82) is 0 Å². The van der Waals surface area contributed by atoms with Gasteiger partial charge in [-0.05, 0) is 57.8 Å². The normalized spacial score (nSPS) is 12.2. The molecule has 0 saturated carbocycles. The smallest absolute Gasteiger partial charge is 0.323 e. The molecule has 4 rings (SSSR count). The molecule has 0 aliphatic heterocycles. The zero-order chi connectivity index (χ0) is 29.3. The number of carbonyl (C=O) groups excluding carboxylic acids is 1. The largest absolute Gasteiger partial charge is 0.492 e. The van der Waals surface area contributed by atoms with Crippen LogP contribution in [0.1, 0.15) is 51.3 Å². The molecule has 1 heterocycles. The zero-order valence-electron chi connectivity index (χ0n) is 23.9. The molecule has 0 fully saturated rings. The minimum Gasteiger partial charge on any atom is -0.492 e. The first-order chi connectivity index (χ1) is 18.7. The molecule has 0 unspecified atom stereocenters. The summed E-state index contributed by atoms with van der Waals surface area (Å²) in [6.07, 6.45) is 4.65. The van der Waals surface area contributed by atoms with Crippen molar-refractivity contribution in [2.45, 2.75) is 45.4 Å². The Bertz CT molecular complexity index is 1660. The standard InChI is InChI=1S/C31H36N4O4S/c1-30(2,3)21-18-26(28(39-6)27(19-21)35-40(7,37)38)34-29(36)33-25-13-12-24(22-10-8-9-11-23(22)25)31(4,5)20-14-16-32-17-15-20/h8-19,35H,1-7H3,(H2,33,34,36). The van der Waals surface area contributed by atoms with Crippen LogP contribution in [0.25, 0.3) is 10.8 Å². The highest BCUT2D eigenvalue weighted by Gasteiger charge is 2.26. The van der Waals surface area contributed by atoms with Gasteiger partial charge in [0.2, 0.25) is 10.0 Å². The Morgan fingerprint density at radius 2 is 1.40 bits per heavy atom. The summed E-state index contributed by atoms with van der Waals surface area (Å²) in [7, 11) is -2.16. The maximum absolute atomic E-state index is 13.3. The minimum absolute atomic E-state index is 0.216. The van der Waals surface area contributed by atoms with E-state index in [9.17, 15) is 13.2 Å². The lowest BCUT2D eigenvalue weighted by Gasteiger charge is -2.28. The van der Waals surface area contributed by atoms with Crippen LogP contribution in [0.3, 0.4) is 0 Å². The molecule has 0 aliphatic rings. The Labute approximate surface area is 236 Å². The second kappa shape index (κ2) is 10.8. The Hall–Kier alpha value is -4.11. The van der Waals surface area contributed by atoms with Crippen molar-refractivity contribution in [1.82, 2.24) is 4.98 Å². The van der Waals surface area contributed by atoms with Crippen LogP contribution in [0.5, 0.6) is 5.75 Å². The van der Waals surface area contributed by atoms with E-state index in [1.165, 1.54) is 7.11 Å². The fraction of sp³-hybridized carbons (Fsp3) is 0.290.